The van der Waals surface area contributed by atoms with E-state index in [4.69, 9.17) is 4.42 Å². The zero-order valence-corrected chi connectivity index (χ0v) is 11.5. The topological polar surface area (TPSA) is 45.4 Å². The van der Waals surface area contributed by atoms with Crippen molar-refractivity contribution in [2.75, 3.05) is 0 Å². The summed E-state index contributed by atoms with van der Waals surface area (Å²) in [6.45, 7) is 4.80. The average Bonchev–Trinajstić information content (AvgIpc) is 2.83. The van der Waals surface area contributed by atoms with Crippen molar-refractivity contribution in [3.05, 3.63) is 59.5 Å². The van der Waals surface area contributed by atoms with Gasteiger partial charge in [0.25, 0.3) is 0 Å². The second-order valence-electron chi connectivity index (χ2n) is 4.97. The summed E-state index contributed by atoms with van der Waals surface area (Å²) in [7, 11) is 0. The Kier molecular flexibility index (Phi) is 4.77. The van der Waals surface area contributed by atoms with Gasteiger partial charge in [-0.15, -0.1) is 0 Å². The lowest BCUT2D eigenvalue weighted by Gasteiger charge is -2.18. The minimum atomic E-state index is -0.429. The van der Waals surface area contributed by atoms with Crippen LogP contribution in [-0.2, 0) is 6.54 Å². The third-order valence-electron chi connectivity index (χ3n) is 3.34. The summed E-state index contributed by atoms with van der Waals surface area (Å²) < 4.78 is 5.38. The van der Waals surface area contributed by atoms with Crippen LogP contribution in [-0.4, -0.2) is 11.1 Å². The highest BCUT2D eigenvalue weighted by Gasteiger charge is 2.12. The molecule has 0 radical (unpaired) electrons. The maximum Gasteiger partial charge on any atom is 0.120 e. The van der Waals surface area contributed by atoms with E-state index in [9.17, 15) is 5.11 Å². The molecular formula is C16H21NO2. The van der Waals surface area contributed by atoms with Gasteiger partial charge in [0.05, 0.1) is 18.9 Å². The van der Waals surface area contributed by atoms with Crippen molar-refractivity contribution < 1.29 is 9.52 Å². The number of benzene rings is 1. The number of aryl methyl sites for hydroxylation is 1. The van der Waals surface area contributed by atoms with Crippen LogP contribution in [0.3, 0.4) is 0 Å². The van der Waals surface area contributed by atoms with Gasteiger partial charge in [0, 0.05) is 6.04 Å². The number of furan rings is 1. The molecule has 0 saturated heterocycles. The summed E-state index contributed by atoms with van der Waals surface area (Å²) in [5.41, 5.74) is 2.12. The maximum atomic E-state index is 10.1. The van der Waals surface area contributed by atoms with Crippen LogP contribution in [0.2, 0.25) is 0 Å². The van der Waals surface area contributed by atoms with E-state index in [-0.39, 0.29) is 6.04 Å². The Morgan fingerprint density at radius 2 is 1.95 bits per heavy atom. The van der Waals surface area contributed by atoms with E-state index >= 15 is 0 Å². The van der Waals surface area contributed by atoms with E-state index in [0.29, 0.717) is 13.0 Å². The molecule has 1 aromatic heterocycles. The Morgan fingerprint density at radius 1 is 1.21 bits per heavy atom. The van der Waals surface area contributed by atoms with Crippen LogP contribution in [0.4, 0.5) is 0 Å². The Bertz CT molecular complexity index is 492. The van der Waals surface area contributed by atoms with Crippen LogP contribution in [0.15, 0.2) is 47.1 Å². The second kappa shape index (κ2) is 6.55. The summed E-state index contributed by atoms with van der Waals surface area (Å²) in [4.78, 5) is 0. The zero-order chi connectivity index (χ0) is 13.7. The minimum absolute atomic E-state index is 0.222. The predicted octanol–water partition coefficient (Wildman–Crippen LogP) is 3.19. The molecule has 0 fully saturated rings. The fraction of sp³-hybridized carbons (Fsp3) is 0.375. The zero-order valence-electron chi connectivity index (χ0n) is 11.5. The molecule has 1 aromatic carbocycles. The van der Waals surface area contributed by atoms with Gasteiger partial charge in [0.15, 0.2) is 0 Å². The summed E-state index contributed by atoms with van der Waals surface area (Å²) in [5.74, 6) is 0.959. The summed E-state index contributed by atoms with van der Waals surface area (Å²) >= 11 is 0. The van der Waals surface area contributed by atoms with Crippen LogP contribution >= 0.6 is 0 Å². The first-order valence-electron chi connectivity index (χ1n) is 6.66. The van der Waals surface area contributed by atoms with Gasteiger partial charge in [0.2, 0.25) is 0 Å². The first kappa shape index (κ1) is 13.8. The van der Waals surface area contributed by atoms with Crippen LogP contribution in [0.5, 0.6) is 0 Å². The van der Waals surface area contributed by atoms with Crippen LogP contribution in [0, 0.1) is 6.92 Å². The fourth-order valence-corrected chi connectivity index (χ4v) is 2.08. The lowest BCUT2D eigenvalue weighted by molar-refractivity contribution is 0.153. The number of aliphatic hydroxyl groups is 1. The van der Waals surface area contributed by atoms with Crippen molar-refractivity contribution in [3.63, 3.8) is 0 Å². The number of rotatable bonds is 6. The molecule has 2 N–H and O–H groups in total. The molecule has 0 spiro atoms. The molecule has 0 aliphatic rings. The van der Waals surface area contributed by atoms with Crippen LogP contribution in [0.25, 0.3) is 0 Å². The molecule has 0 aliphatic carbocycles. The number of hydrogen-bond donors (Lipinski definition) is 2. The van der Waals surface area contributed by atoms with E-state index < -0.39 is 6.10 Å². The SMILES string of the molecule is Cc1ccoc1CNC(C)CC(O)c1ccccc1. The fourth-order valence-electron chi connectivity index (χ4n) is 2.08. The second-order valence-corrected chi connectivity index (χ2v) is 4.97. The number of nitrogens with one attached hydrogen (secondary N) is 1. The van der Waals surface area contributed by atoms with Gasteiger partial charge in [-0.25, -0.2) is 0 Å². The van der Waals surface area contributed by atoms with E-state index in [0.717, 1.165) is 16.9 Å². The number of aliphatic hydroxyl groups excluding tert-OH is 1. The molecule has 0 bridgehead atoms. The molecular weight excluding hydrogens is 238 g/mol. The van der Waals surface area contributed by atoms with Gasteiger partial charge < -0.3 is 14.8 Å². The summed E-state index contributed by atoms with van der Waals surface area (Å²) in [6, 6.07) is 11.9. The van der Waals surface area contributed by atoms with E-state index in [1.54, 1.807) is 6.26 Å². The van der Waals surface area contributed by atoms with E-state index in [1.807, 2.05) is 43.3 Å². The van der Waals surface area contributed by atoms with Gasteiger partial charge in [-0.2, -0.15) is 0 Å². The largest absolute Gasteiger partial charge is 0.468 e. The first-order chi connectivity index (χ1) is 9.16. The molecule has 2 aromatic rings. The minimum Gasteiger partial charge on any atom is -0.468 e. The molecule has 0 saturated carbocycles. The monoisotopic (exact) mass is 259 g/mol. The molecule has 2 unspecified atom stereocenters. The Morgan fingerprint density at radius 3 is 2.58 bits per heavy atom. The lowest BCUT2D eigenvalue weighted by Crippen LogP contribution is -2.27. The number of hydrogen-bond acceptors (Lipinski definition) is 3. The highest BCUT2D eigenvalue weighted by Crippen LogP contribution is 2.18. The van der Waals surface area contributed by atoms with Crippen molar-refractivity contribution in [2.45, 2.75) is 39.0 Å². The highest BCUT2D eigenvalue weighted by atomic mass is 16.3. The van der Waals surface area contributed by atoms with E-state index in [2.05, 4.69) is 12.2 Å². The standard InChI is InChI=1S/C16H21NO2/c1-12-8-9-19-16(12)11-17-13(2)10-15(18)14-6-4-3-5-7-14/h3-9,13,15,17-18H,10-11H2,1-2H3. The van der Waals surface area contributed by atoms with Crippen LogP contribution in [0.1, 0.15) is 36.3 Å². The summed E-state index contributed by atoms with van der Waals surface area (Å²) in [6.07, 6.45) is 1.96. The van der Waals surface area contributed by atoms with Gasteiger partial charge >= 0.3 is 0 Å². The summed E-state index contributed by atoms with van der Waals surface area (Å²) in [5, 5.41) is 13.5. The van der Waals surface area contributed by atoms with Gasteiger partial charge in [0.1, 0.15) is 5.76 Å². The quantitative estimate of drug-likeness (QED) is 0.837. The highest BCUT2D eigenvalue weighted by molar-refractivity contribution is 5.17. The molecule has 1 heterocycles. The molecule has 3 nitrogen and oxygen atoms in total. The Labute approximate surface area is 114 Å². The maximum absolute atomic E-state index is 10.1. The smallest absolute Gasteiger partial charge is 0.120 e. The van der Waals surface area contributed by atoms with Crippen molar-refractivity contribution in [3.8, 4) is 0 Å². The molecule has 102 valence electrons. The van der Waals surface area contributed by atoms with Gasteiger partial charge in [-0.3, -0.25) is 0 Å². The molecule has 19 heavy (non-hydrogen) atoms. The molecule has 2 atom stereocenters. The van der Waals surface area contributed by atoms with Crippen molar-refractivity contribution in [2.24, 2.45) is 0 Å². The average molecular weight is 259 g/mol. The predicted molar refractivity (Wildman–Crippen MR) is 75.8 cm³/mol. The van der Waals surface area contributed by atoms with E-state index in [1.165, 1.54) is 0 Å². The Hall–Kier alpha value is -1.58. The third-order valence-corrected chi connectivity index (χ3v) is 3.34. The normalized spacial score (nSPS) is 14.3. The molecule has 0 amide bonds. The molecule has 0 aliphatic heterocycles. The van der Waals surface area contributed by atoms with Crippen molar-refractivity contribution >= 4 is 0 Å². The first-order valence-corrected chi connectivity index (χ1v) is 6.66. The van der Waals surface area contributed by atoms with Gasteiger partial charge in [-0.1, -0.05) is 30.3 Å². The van der Waals surface area contributed by atoms with Gasteiger partial charge in [-0.05, 0) is 37.5 Å². The van der Waals surface area contributed by atoms with Crippen LogP contribution < -0.4 is 5.32 Å². The lowest BCUT2D eigenvalue weighted by atomic mass is 10.0. The molecule has 2 rings (SSSR count). The Balaban J connectivity index is 1.81. The molecule has 3 heteroatoms. The third kappa shape index (κ3) is 3.94. The van der Waals surface area contributed by atoms with Crippen molar-refractivity contribution in [1.82, 2.24) is 5.32 Å². The van der Waals surface area contributed by atoms with Crippen molar-refractivity contribution in [1.29, 1.82) is 0 Å².